The van der Waals surface area contributed by atoms with Gasteiger partial charge in [0.05, 0.1) is 0 Å². The van der Waals surface area contributed by atoms with E-state index in [0.717, 1.165) is 0 Å². The van der Waals surface area contributed by atoms with Crippen molar-refractivity contribution in [1.29, 1.82) is 5.41 Å². The highest BCUT2D eigenvalue weighted by molar-refractivity contribution is 5.24. The van der Waals surface area contributed by atoms with Crippen molar-refractivity contribution in [3.05, 3.63) is 54.3 Å². The molecular formula is C10H12N4. The molecule has 0 aliphatic heterocycles. The van der Waals surface area contributed by atoms with E-state index in [1.54, 1.807) is 30.6 Å². The van der Waals surface area contributed by atoms with E-state index in [4.69, 9.17) is 11.1 Å². The van der Waals surface area contributed by atoms with Gasteiger partial charge >= 0.3 is 0 Å². The molecule has 0 saturated carbocycles. The van der Waals surface area contributed by atoms with Crippen LogP contribution in [0, 0.1) is 5.41 Å². The Bertz CT molecular complexity index is 381. The number of nitrogens with zero attached hydrogens (tertiary/aromatic N) is 1. The minimum Gasteiger partial charge on any atom is -0.385 e. The minimum atomic E-state index is 0.338. The fourth-order valence-corrected chi connectivity index (χ4v) is 0.799. The summed E-state index contributed by atoms with van der Waals surface area (Å²) in [5.41, 5.74) is 5.62. The molecule has 0 spiro atoms. The van der Waals surface area contributed by atoms with Gasteiger partial charge < -0.3 is 10.7 Å². The first-order valence-electron chi connectivity index (χ1n) is 4.13. The predicted octanol–water partition coefficient (Wildman–Crippen LogP) is 1.16. The second-order valence-electron chi connectivity index (χ2n) is 2.54. The van der Waals surface area contributed by atoms with Gasteiger partial charge in [-0.05, 0) is 24.3 Å². The van der Waals surface area contributed by atoms with Crippen molar-refractivity contribution < 1.29 is 0 Å². The standard InChI is InChI=1S/C5H7N3.C5H5N/c6-4-2-1-3-5(7)8-4;1-2-4-6-5-3-1/h1-3H,(H4,6,7,8);1-5H. The molecule has 0 radical (unpaired) electrons. The number of rotatable bonds is 0. The maximum absolute atomic E-state index is 7.00. The summed E-state index contributed by atoms with van der Waals surface area (Å²) in [5.74, 6) is 0.525. The molecule has 4 N–H and O–H groups in total. The monoisotopic (exact) mass is 188 g/mol. The van der Waals surface area contributed by atoms with Gasteiger partial charge in [0.1, 0.15) is 11.3 Å². The van der Waals surface area contributed by atoms with Gasteiger partial charge in [-0.15, -0.1) is 0 Å². The van der Waals surface area contributed by atoms with Gasteiger partial charge in [0.15, 0.2) is 0 Å². The molecule has 0 fully saturated rings. The SMILES string of the molecule is N=c1cccc(N)[nH]1.c1ccncc1. The zero-order valence-electron chi connectivity index (χ0n) is 7.64. The molecule has 2 aromatic rings. The van der Waals surface area contributed by atoms with Crippen LogP contribution in [0.25, 0.3) is 0 Å². The van der Waals surface area contributed by atoms with Crippen LogP contribution in [-0.2, 0) is 0 Å². The maximum Gasteiger partial charge on any atom is 0.123 e. The Balaban J connectivity index is 0.000000146. The number of nitrogen functional groups attached to an aromatic ring is 1. The number of nitrogens with two attached hydrogens (primary N) is 1. The molecule has 0 saturated heterocycles. The van der Waals surface area contributed by atoms with Gasteiger partial charge in [-0.2, -0.15) is 0 Å². The van der Waals surface area contributed by atoms with Gasteiger partial charge in [0.2, 0.25) is 0 Å². The van der Waals surface area contributed by atoms with E-state index >= 15 is 0 Å². The molecule has 0 atom stereocenters. The van der Waals surface area contributed by atoms with Crippen LogP contribution >= 0.6 is 0 Å². The van der Waals surface area contributed by atoms with E-state index < -0.39 is 0 Å². The zero-order chi connectivity index (χ0) is 10.2. The van der Waals surface area contributed by atoms with Crippen LogP contribution in [0.4, 0.5) is 5.82 Å². The first kappa shape index (κ1) is 9.98. The van der Waals surface area contributed by atoms with E-state index in [1.165, 1.54) is 0 Å². The van der Waals surface area contributed by atoms with Gasteiger partial charge in [0, 0.05) is 12.4 Å². The number of hydrogen-bond acceptors (Lipinski definition) is 3. The van der Waals surface area contributed by atoms with Crippen LogP contribution < -0.4 is 11.2 Å². The molecule has 72 valence electrons. The normalized spacial score (nSPS) is 8.57. The first-order valence-corrected chi connectivity index (χ1v) is 4.13. The number of H-pyrrole nitrogens is 1. The number of aromatic nitrogens is 2. The lowest BCUT2D eigenvalue weighted by Crippen LogP contribution is -2.05. The summed E-state index contributed by atoms with van der Waals surface area (Å²) in [4.78, 5) is 6.40. The van der Waals surface area contributed by atoms with Crippen molar-refractivity contribution in [2.45, 2.75) is 0 Å². The molecule has 4 nitrogen and oxygen atoms in total. The highest BCUT2D eigenvalue weighted by atomic mass is 14.8. The first-order chi connectivity index (χ1) is 6.79. The third kappa shape index (κ3) is 4.06. The van der Waals surface area contributed by atoms with E-state index in [2.05, 4.69) is 9.97 Å². The molecule has 0 bridgehead atoms. The van der Waals surface area contributed by atoms with E-state index in [1.807, 2.05) is 18.2 Å². The van der Waals surface area contributed by atoms with Gasteiger partial charge in [0.25, 0.3) is 0 Å². The molecule has 4 heteroatoms. The number of aromatic amines is 1. The Labute approximate surface area is 82.0 Å². The Morgan fingerprint density at radius 2 is 1.79 bits per heavy atom. The third-order valence-corrected chi connectivity index (χ3v) is 1.38. The van der Waals surface area contributed by atoms with Crippen LogP contribution in [-0.4, -0.2) is 9.97 Å². The fourth-order valence-electron chi connectivity index (χ4n) is 0.799. The Kier molecular flexibility index (Phi) is 3.94. The lowest BCUT2D eigenvalue weighted by molar-refractivity contribution is 1.11. The molecule has 2 aromatic heterocycles. The highest BCUT2D eigenvalue weighted by Gasteiger charge is 1.76. The summed E-state index contributed by atoms with van der Waals surface area (Å²) in [6.07, 6.45) is 3.50. The summed E-state index contributed by atoms with van der Waals surface area (Å²) in [6, 6.07) is 10.8. The van der Waals surface area contributed by atoms with Crippen LogP contribution in [0.2, 0.25) is 0 Å². The summed E-state index contributed by atoms with van der Waals surface area (Å²) in [6.45, 7) is 0. The van der Waals surface area contributed by atoms with Crippen molar-refractivity contribution in [2.75, 3.05) is 5.73 Å². The van der Waals surface area contributed by atoms with E-state index in [9.17, 15) is 0 Å². The summed E-state index contributed by atoms with van der Waals surface area (Å²) in [5, 5.41) is 7.00. The smallest absolute Gasteiger partial charge is 0.123 e. The van der Waals surface area contributed by atoms with Crippen molar-refractivity contribution in [3.8, 4) is 0 Å². The Morgan fingerprint density at radius 1 is 1.07 bits per heavy atom. The fraction of sp³-hybridized carbons (Fsp3) is 0. The number of anilines is 1. The summed E-state index contributed by atoms with van der Waals surface area (Å²) in [7, 11) is 0. The van der Waals surface area contributed by atoms with Crippen LogP contribution in [0.3, 0.4) is 0 Å². The number of pyridine rings is 2. The second-order valence-corrected chi connectivity index (χ2v) is 2.54. The van der Waals surface area contributed by atoms with E-state index in [-0.39, 0.29) is 0 Å². The molecule has 2 heterocycles. The van der Waals surface area contributed by atoms with Crippen molar-refractivity contribution >= 4 is 5.82 Å². The number of hydrogen-bond donors (Lipinski definition) is 3. The maximum atomic E-state index is 7.00. The Morgan fingerprint density at radius 3 is 2.07 bits per heavy atom. The topological polar surface area (TPSA) is 78.5 Å². The van der Waals surface area contributed by atoms with Crippen LogP contribution in [0.5, 0.6) is 0 Å². The average molecular weight is 188 g/mol. The molecule has 2 rings (SSSR count). The molecule has 0 aliphatic carbocycles. The molecule has 0 aromatic carbocycles. The molecule has 0 aliphatic rings. The van der Waals surface area contributed by atoms with Gasteiger partial charge in [-0.1, -0.05) is 12.1 Å². The van der Waals surface area contributed by atoms with Crippen LogP contribution in [0.15, 0.2) is 48.8 Å². The largest absolute Gasteiger partial charge is 0.385 e. The van der Waals surface area contributed by atoms with Crippen LogP contribution in [0.1, 0.15) is 0 Å². The predicted molar refractivity (Wildman–Crippen MR) is 55.3 cm³/mol. The summed E-state index contributed by atoms with van der Waals surface area (Å²) < 4.78 is 0. The molecule has 0 amide bonds. The summed E-state index contributed by atoms with van der Waals surface area (Å²) >= 11 is 0. The molecule has 14 heavy (non-hydrogen) atoms. The lowest BCUT2D eigenvalue weighted by atomic mass is 10.5. The molecule has 0 unspecified atom stereocenters. The highest BCUT2D eigenvalue weighted by Crippen LogP contribution is 1.85. The molecular weight excluding hydrogens is 176 g/mol. The van der Waals surface area contributed by atoms with Crippen molar-refractivity contribution in [2.24, 2.45) is 0 Å². The zero-order valence-corrected chi connectivity index (χ0v) is 7.64. The number of nitrogens with one attached hydrogen (secondary N) is 2. The second kappa shape index (κ2) is 5.53. The van der Waals surface area contributed by atoms with Crippen molar-refractivity contribution in [1.82, 2.24) is 9.97 Å². The quantitative estimate of drug-likeness (QED) is 0.580. The van der Waals surface area contributed by atoms with Crippen molar-refractivity contribution in [3.63, 3.8) is 0 Å². The Hall–Kier alpha value is -2.10. The van der Waals surface area contributed by atoms with Gasteiger partial charge in [-0.25, -0.2) is 0 Å². The average Bonchev–Trinajstić information content (AvgIpc) is 2.21. The van der Waals surface area contributed by atoms with E-state index in [0.29, 0.717) is 11.3 Å². The lowest BCUT2D eigenvalue weighted by Gasteiger charge is -1.87. The third-order valence-electron chi connectivity index (χ3n) is 1.38. The van der Waals surface area contributed by atoms with Gasteiger partial charge in [-0.3, -0.25) is 10.4 Å². The minimum absolute atomic E-state index is 0.338.